The lowest BCUT2D eigenvalue weighted by Gasteiger charge is -2.07. The summed E-state index contributed by atoms with van der Waals surface area (Å²) < 4.78 is 0. The Kier molecular flexibility index (Phi) is 3.13. The zero-order valence-corrected chi connectivity index (χ0v) is 11.8. The topological polar surface area (TPSA) is 37.8 Å². The monoisotopic (exact) mass is 275 g/mol. The third kappa shape index (κ3) is 2.78. The molecule has 1 aliphatic rings. The molecule has 0 amide bonds. The van der Waals surface area contributed by atoms with E-state index in [2.05, 4.69) is 45.6 Å². The lowest BCUT2D eigenvalue weighted by atomic mass is 10.0. The average Bonchev–Trinajstić information content (AvgIpc) is 3.37. The molecule has 104 valence electrons. The van der Waals surface area contributed by atoms with Crippen molar-refractivity contribution in [1.29, 1.82) is 0 Å². The standard InChI is InChI=1S/C18H17N3/c1-2-15-9-14(3-6-18(15)20-7-1)16-8-13(10-19-12-16)11-21-17-4-5-17/h1-3,6-10,12,17,21H,4-5,11H2. The van der Waals surface area contributed by atoms with E-state index >= 15 is 0 Å². The maximum atomic E-state index is 4.38. The van der Waals surface area contributed by atoms with Gasteiger partial charge in [0.25, 0.3) is 0 Å². The molecule has 0 saturated heterocycles. The summed E-state index contributed by atoms with van der Waals surface area (Å²) >= 11 is 0. The van der Waals surface area contributed by atoms with Gasteiger partial charge < -0.3 is 5.32 Å². The van der Waals surface area contributed by atoms with Crippen LogP contribution in [0, 0.1) is 0 Å². The SMILES string of the molecule is c1cnc2ccc(-c3cncc(CNC4CC4)c3)cc2c1. The summed E-state index contributed by atoms with van der Waals surface area (Å²) in [6.45, 7) is 0.903. The molecule has 4 rings (SSSR count). The van der Waals surface area contributed by atoms with Gasteiger partial charge in [0.15, 0.2) is 0 Å². The highest BCUT2D eigenvalue weighted by molar-refractivity contribution is 5.84. The minimum Gasteiger partial charge on any atom is -0.310 e. The quantitative estimate of drug-likeness (QED) is 0.791. The Morgan fingerprint density at radius 3 is 2.90 bits per heavy atom. The molecule has 0 bridgehead atoms. The summed E-state index contributed by atoms with van der Waals surface area (Å²) in [5.74, 6) is 0. The summed E-state index contributed by atoms with van der Waals surface area (Å²) in [6.07, 6.45) is 8.32. The first-order chi connectivity index (χ1) is 10.4. The highest BCUT2D eigenvalue weighted by Gasteiger charge is 2.19. The van der Waals surface area contributed by atoms with Crippen molar-refractivity contribution in [3.63, 3.8) is 0 Å². The molecule has 3 aromatic rings. The molecule has 0 aliphatic heterocycles. The van der Waals surface area contributed by atoms with E-state index in [-0.39, 0.29) is 0 Å². The van der Waals surface area contributed by atoms with Crippen LogP contribution in [0.25, 0.3) is 22.0 Å². The molecule has 3 heteroatoms. The summed E-state index contributed by atoms with van der Waals surface area (Å²) in [5, 5.41) is 4.69. The first-order valence-electron chi connectivity index (χ1n) is 7.41. The number of hydrogen-bond acceptors (Lipinski definition) is 3. The van der Waals surface area contributed by atoms with E-state index in [1.54, 1.807) is 0 Å². The van der Waals surface area contributed by atoms with Gasteiger partial charge in [0.05, 0.1) is 5.52 Å². The van der Waals surface area contributed by atoms with Gasteiger partial charge in [-0.15, -0.1) is 0 Å². The second kappa shape index (κ2) is 5.26. The van der Waals surface area contributed by atoms with Crippen LogP contribution in [-0.2, 0) is 6.54 Å². The molecule has 0 atom stereocenters. The largest absolute Gasteiger partial charge is 0.310 e. The van der Waals surface area contributed by atoms with Crippen LogP contribution < -0.4 is 5.32 Å². The van der Waals surface area contributed by atoms with Gasteiger partial charge in [0, 0.05) is 42.1 Å². The molecule has 1 saturated carbocycles. The first kappa shape index (κ1) is 12.5. The Balaban J connectivity index is 1.65. The molecule has 2 heterocycles. The van der Waals surface area contributed by atoms with E-state index in [1.165, 1.54) is 24.0 Å². The number of fused-ring (bicyclic) bond motifs is 1. The first-order valence-corrected chi connectivity index (χ1v) is 7.41. The summed E-state index contributed by atoms with van der Waals surface area (Å²) in [5.41, 5.74) is 4.62. The predicted molar refractivity (Wildman–Crippen MR) is 84.8 cm³/mol. The number of hydrogen-bond donors (Lipinski definition) is 1. The molecule has 3 nitrogen and oxygen atoms in total. The number of nitrogens with one attached hydrogen (secondary N) is 1. The van der Waals surface area contributed by atoms with Crippen LogP contribution in [-0.4, -0.2) is 16.0 Å². The Hall–Kier alpha value is -2.26. The van der Waals surface area contributed by atoms with E-state index in [1.807, 2.05) is 24.7 Å². The van der Waals surface area contributed by atoms with Gasteiger partial charge in [0.2, 0.25) is 0 Å². The number of rotatable bonds is 4. The fourth-order valence-electron chi connectivity index (χ4n) is 2.55. The van der Waals surface area contributed by atoms with E-state index < -0.39 is 0 Å². The second-order valence-electron chi connectivity index (χ2n) is 5.65. The van der Waals surface area contributed by atoms with Crippen LogP contribution in [0.3, 0.4) is 0 Å². The third-order valence-electron chi connectivity index (χ3n) is 3.90. The summed E-state index contributed by atoms with van der Waals surface area (Å²) in [4.78, 5) is 8.75. The van der Waals surface area contributed by atoms with Crippen molar-refractivity contribution in [3.8, 4) is 11.1 Å². The Morgan fingerprint density at radius 1 is 1.05 bits per heavy atom. The van der Waals surface area contributed by atoms with Crippen molar-refractivity contribution in [2.45, 2.75) is 25.4 Å². The molecule has 1 aliphatic carbocycles. The van der Waals surface area contributed by atoms with Gasteiger partial charge in [-0.2, -0.15) is 0 Å². The smallest absolute Gasteiger partial charge is 0.0702 e. The molecule has 0 unspecified atom stereocenters. The number of benzene rings is 1. The zero-order valence-electron chi connectivity index (χ0n) is 11.8. The van der Waals surface area contributed by atoms with Gasteiger partial charge in [0.1, 0.15) is 0 Å². The van der Waals surface area contributed by atoms with E-state index in [9.17, 15) is 0 Å². The fraction of sp³-hybridized carbons (Fsp3) is 0.222. The molecule has 1 aromatic carbocycles. The highest BCUT2D eigenvalue weighted by atomic mass is 14.9. The van der Waals surface area contributed by atoms with Crippen LogP contribution in [0.1, 0.15) is 18.4 Å². The third-order valence-corrected chi connectivity index (χ3v) is 3.90. The summed E-state index contributed by atoms with van der Waals surface area (Å²) in [6, 6.07) is 13.4. The van der Waals surface area contributed by atoms with E-state index in [4.69, 9.17) is 0 Å². The minimum atomic E-state index is 0.723. The van der Waals surface area contributed by atoms with Gasteiger partial charge in [-0.1, -0.05) is 12.1 Å². The molecular formula is C18H17N3. The number of aromatic nitrogens is 2. The van der Waals surface area contributed by atoms with Crippen molar-refractivity contribution in [3.05, 3.63) is 60.6 Å². The van der Waals surface area contributed by atoms with Gasteiger partial charge in [-0.25, -0.2) is 0 Å². The van der Waals surface area contributed by atoms with Crippen LogP contribution in [0.4, 0.5) is 0 Å². The average molecular weight is 275 g/mol. The predicted octanol–water partition coefficient (Wildman–Crippen LogP) is 3.55. The molecule has 1 N–H and O–H groups in total. The number of pyridine rings is 2. The van der Waals surface area contributed by atoms with Crippen LogP contribution in [0.15, 0.2) is 55.0 Å². The van der Waals surface area contributed by atoms with Crippen molar-refractivity contribution >= 4 is 10.9 Å². The van der Waals surface area contributed by atoms with Crippen LogP contribution in [0.2, 0.25) is 0 Å². The lowest BCUT2D eigenvalue weighted by Crippen LogP contribution is -2.15. The van der Waals surface area contributed by atoms with Crippen molar-refractivity contribution in [1.82, 2.24) is 15.3 Å². The normalized spacial score (nSPS) is 14.5. The maximum Gasteiger partial charge on any atom is 0.0702 e. The van der Waals surface area contributed by atoms with Crippen molar-refractivity contribution < 1.29 is 0 Å². The Morgan fingerprint density at radius 2 is 2.00 bits per heavy atom. The molecular weight excluding hydrogens is 258 g/mol. The van der Waals surface area contributed by atoms with Gasteiger partial charge in [-0.05, 0) is 48.2 Å². The van der Waals surface area contributed by atoms with Crippen LogP contribution >= 0.6 is 0 Å². The van der Waals surface area contributed by atoms with Crippen LogP contribution in [0.5, 0.6) is 0 Å². The minimum absolute atomic E-state index is 0.723. The Labute approximate surface area is 124 Å². The van der Waals surface area contributed by atoms with Crippen molar-refractivity contribution in [2.24, 2.45) is 0 Å². The molecule has 0 radical (unpaired) electrons. The Bertz CT molecular complexity index is 778. The van der Waals surface area contributed by atoms with Gasteiger partial charge in [-0.3, -0.25) is 9.97 Å². The molecule has 21 heavy (non-hydrogen) atoms. The van der Waals surface area contributed by atoms with E-state index in [0.29, 0.717) is 0 Å². The fourth-order valence-corrected chi connectivity index (χ4v) is 2.55. The second-order valence-corrected chi connectivity index (χ2v) is 5.65. The summed E-state index contributed by atoms with van der Waals surface area (Å²) in [7, 11) is 0. The molecule has 1 fully saturated rings. The highest BCUT2D eigenvalue weighted by Crippen LogP contribution is 2.24. The maximum absolute atomic E-state index is 4.38. The molecule has 2 aromatic heterocycles. The zero-order chi connectivity index (χ0) is 14.1. The van der Waals surface area contributed by atoms with Gasteiger partial charge >= 0.3 is 0 Å². The number of nitrogens with zero attached hydrogens (tertiary/aromatic N) is 2. The van der Waals surface area contributed by atoms with Crippen molar-refractivity contribution in [2.75, 3.05) is 0 Å². The lowest BCUT2D eigenvalue weighted by molar-refractivity contribution is 0.686. The van der Waals surface area contributed by atoms with E-state index in [0.717, 1.165) is 29.1 Å². The molecule has 0 spiro atoms.